The smallest absolute Gasteiger partial charge is 0.0897 e. The van der Waals surface area contributed by atoms with Crippen LogP contribution in [0.4, 0.5) is 0 Å². The Balaban J connectivity index is 2.21. The largest absolute Gasteiger partial charge is 0.309 e. The Morgan fingerprint density at radius 2 is 2.15 bits per heavy atom. The molecular weight excluding hydrogens is 311 g/mol. The van der Waals surface area contributed by atoms with E-state index >= 15 is 0 Å². The van der Waals surface area contributed by atoms with Crippen molar-refractivity contribution in [2.45, 2.75) is 32.7 Å². The fourth-order valence-corrected chi connectivity index (χ4v) is 3.31. The molecule has 2 aromatic rings. The number of halogens is 2. The van der Waals surface area contributed by atoms with Crippen LogP contribution in [0.5, 0.6) is 0 Å². The van der Waals surface area contributed by atoms with Crippen molar-refractivity contribution in [1.29, 1.82) is 0 Å². The lowest BCUT2D eigenvalue weighted by molar-refractivity contribution is 0.536. The Morgan fingerprint density at radius 3 is 2.80 bits per heavy atom. The minimum atomic E-state index is 0.233. The number of hydrogen-bond donors (Lipinski definition) is 1. The zero-order chi connectivity index (χ0) is 14.5. The number of aryl methyl sites for hydroxylation is 1. The van der Waals surface area contributed by atoms with Crippen LogP contribution < -0.4 is 5.32 Å². The van der Waals surface area contributed by atoms with E-state index in [2.05, 4.69) is 17.2 Å². The van der Waals surface area contributed by atoms with Crippen molar-refractivity contribution in [3.05, 3.63) is 49.9 Å². The van der Waals surface area contributed by atoms with E-state index < -0.39 is 0 Å². The number of thiazole rings is 1. The van der Waals surface area contributed by atoms with Crippen LogP contribution in [0.2, 0.25) is 10.0 Å². The topological polar surface area (TPSA) is 24.9 Å². The first-order chi connectivity index (χ1) is 9.61. The monoisotopic (exact) mass is 328 g/mol. The summed E-state index contributed by atoms with van der Waals surface area (Å²) in [5.74, 6) is 0. The minimum Gasteiger partial charge on any atom is -0.309 e. The molecule has 2 rings (SSSR count). The Hall–Kier alpha value is -0.610. The number of nitrogens with zero attached hydrogens (tertiary/aromatic N) is 1. The minimum absolute atomic E-state index is 0.233. The molecule has 1 heterocycles. The van der Waals surface area contributed by atoms with Gasteiger partial charge in [-0.2, -0.15) is 0 Å². The summed E-state index contributed by atoms with van der Waals surface area (Å²) < 4.78 is 0. The first kappa shape index (κ1) is 15.8. The van der Waals surface area contributed by atoms with Gasteiger partial charge in [-0.05, 0) is 37.9 Å². The molecule has 0 aliphatic carbocycles. The van der Waals surface area contributed by atoms with Gasteiger partial charge in [-0.3, -0.25) is 0 Å². The van der Waals surface area contributed by atoms with Gasteiger partial charge >= 0.3 is 0 Å². The van der Waals surface area contributed by atoms with E-state index in [1.165, 1.54) is 4.88 Å². The highest BCUT2D eigenvalue weighted by Crippen LogP contribution is 2.30. The Bertz CT molecular complexity index is 569. The molecule has 0 saturated carbocycles. The number of aromatic nitrogens is 1. The van der Waals surface area contributed by atoms with Crippen LogP contribution in [-0.2, 0) is 6.42 Å². The van der Waals surface area contributed by atoms with Gasteiger partial charge in [0.05, 0.1) is 15.1 Å². The summed E-state index contributed by atoms with van der Waals surface area (Å²) in [6.07, 6.45) is 3.87. The van der Waals surface area contributed by atoms with Crippen molar-refractivity contribution in [2.24, 2.45) is 0 Å². The van der Waals surface area contributed by atoms with Crippen LogP contribution in [-0.4, -0.2) is 11.5 Å². The maximum atomic E-state index is 6.29. The van der Waals surface area contributed by atoms with Crippen LogP contribution in [0.15, 0.2) is 24.4 Å². The molecular formula is C15H18Cl2N2S. The van der Waals surface area contributed by atoms with Gasteiger partial charge in [-0.1, -0.05) is 42.3 Å². The van der Waals surface area contributed by atoms with Crippen molar-refractivity contribution in [1.82, 2.24) is 10.3 Å². The van der Waals surface area contributed by atoms with Gasteiger partial charge < -0.3 is 5.32 Å². The molecule has 1 aromatic heterocycles. The Kier molecular flexibility index (Phi) is 5.85. The molecule has 1 unspecified atom stereocenters. The van der Waals surface area contributed by atoms with E-state index in [0.717, 1.165) is 30.0 Å². The maximum absolute atomic E-state index is 6.29. The number of benzene rings is 1. The molecule has 0 aliphatic heterocycles. The summed E-state index contributed by atoms with van der Waals surface area (Å²) in [5.41, 5.74) is 1.07. The summed E-state index contributed by atoms with van der Waals surface area (Å²) in [4.78, 5) is 5.59. The molecule has 5 heteroatoms. The number of hydrogen-bond acceptors (Lipinski definition) is 3. The SMILES string of the molecule is CCCNC(Cc1cccc(Cl)c1Cl)c1cnc(C)s1. The molecule has 2 nitrogen and oxygen atoms in total. The van der Waals surface area contributed by atoms with Gasteiger partial charge in [0, 0.05) is 17.1 Å². The zero-order valence-corrected chi connectivity index (χ0v) is 13.9. The van der Waals surface area contributed by atoms with Gasteiger partial charge in [0.15, 0.2) is 0 Å². The van der Waals surface area contributed by atoms with E-state index in [9.17, 15) is 0 Å². The predicted octanol–water partition coefficient (Wildman–Crippen LogP) is 5.04. The summed E-state index contributed by atoms with van der Waals surface area (Å²) in [6.45, 7) is 5.16. The standard InChI is InChI=1S/C15H18Cl2N2S/c1-3-7-18-13(14-9-19-10(2)20-14)8-11-5-4-6-12(16)15(11)17/h4-6,9,13,18H,3,7-8H2,1-2H3. The lowest BCUT2D eigenvalue weighted by Crippen LogP contribution is -2.23. The first-order valence-corrected chi connectivity index (χ1v) is 8.27. The second-order valence-electron chi connectivity index (χ2n) is 4.71. The van der Waals surface area contributed by atoms with Gasteiger partial charge in [0.25, 0.3) is 0 Å². The summed E-state index contributed by atoms with van der Waals surface area (Å²) in [7, 11) is 0. The lowest BCUT2D eigenvalue weighted by Gasteiger charge is -2.18. The molecule has 0 radical (unpaired) electrons. The molecule has 0 aliphatic rings. The summed E-state index contributed by atoms with van der Waals surface area (Å²) in [5, 5.41) is 5.91. The quantitative estimate of drug-likeness (QED) is 0.803. The molecule has 1 N–H and O–H groups in total. The average Bonchev–Trinajstić information content (AvgIpc) is 2.86. The summed E-state index contributed by atoms with van der Waals surface area (Å²) >= 11 is 14.1. The van der Waals surface area contributed by atoms with Crippen molar-refractivity contribution < 1.29 is 0 Å². The van der Waals surface area contributed by atoms with Gasteiger partial charge in [0.1, 0.15) is 0 Å². The van der Waals surface area contributed by atoms with E-state index in [-0.39, 0.29) is 6.04 Å². The molecule has 0 saturated heterocycles. The van der Waals surface area contributed by atoms with E-state index in [0.29, 0.717) is 10.0 Å². The average molecular weight is 329 g/mol. The highest BCUT2D eigenvalue weighted by atomic mass is 35.5. The maximum Gasteiger partial charge on any atom is 0.0897 e. The molecule has 0 amide bonds. The van der Waals surface area contributed by atoms with E-state index in [1.54, 1.807) is 11.3 Å². The molecule has 20 heavy (non-hydrogen) atoms. The zero-order valence-electron chi connectivity index (χ0n) is 11.6. The van der Waals surface area contributed by atoms with E-state index in [1.807, 2.05) is 31.3 Å². The second kappa shape index (κ2) is 7.41. The second-order valence-corrected chi connectivity index (χ2v) is 6.76. The van der Waals surface area contributed by atoms with Crippen LogP contribution in [0.3, 0.4) is 0 Å². The van der Waals surface area contributed by atoms with Crippen LogP contribution in [0.1, 0.15) is 34.8 Å². The Morgan fingerprint density at radius 1 is 1.35 bits per heavy atom. The third kappa shape index (κ3) is 3.95. The van der Waals surface area contributed by atoms with Crippen molar-refractivity contribution in [2.75, 3.05) is 6.54 Å². The highest BCUT2D eigenvalue weighted by Gasteiger charge is 2.16. The van der Waals surface area contributed by atoms with Crippen LogP contribution in [0, 0.1) is 6.92 Å². The van der Waals surface area contributed by atoms with Gasteiger partial charge in [0.2, 0.25) is 0 Å². The van der Waals surface area contributed by atoms with Crippen LogP contribution >= 0.6 is 34.5 Å². The normalized spacial score (nSPS) is 12.6. The van der Waals surface area contributed by atoms with Crippen molar-refractivity contribution in [3.8, 4) is 0 Å². The molecule has 0 fully saturated rings. The molecule has 108 valence electrons. The Labute approximate surface area is 134 Å². The summed E-state index contributed by atoms with van der Waals surface area (Å²) in [6, 6.07) is 6.02. The molecule has 1 atom stereocenters. The van der Waals surface area contributed by atoms with Crippen LogP contribution in [0.25, 0.3) is 0 Å². The third-order valence-electron chi connectivity index (χ3n) is 3.08. The molecule has 0 bridgehead atoms. The number of nitrogens with one attached hydrogen (secondary N) is 1. The fraction of sp³-hybridized carbons (Fsp3) is 0.400. The third-order valence-corrected chi connectivity index (χ3v) is 4.96. The first-order valence-electron chi connectivity index (χ1n) is 6.70. The number of rotatable bonds is 6. The molecule has 0 spiro atoms. The molecule has 1 aromatic carbocycles. The van der Waals surface area contributed by atoms with Gasteiger partial charge in [-0.15, -0.1) is 11.3 Å². The fourth-order valence-electron chi connectivity index (χ4n) is 2.06. The highest BCUT2D eigenvalue weighted by molar-refractivity contribution is 7.11. The van der Waals surface area contributed by atoms with Crippen molar-refractivity contribution in [3.63, 3.8) is 0 Å². The predicted molar refractivity (Wildman–Crippen MR) is 88.1 cm³/mol. The lowest BCUT2D eigenvalue weighted by atomic mass is 10.0. The van der Waals surface area contributed by atoms with Gasteiger partial charge in [-0.25, -0.2) is 4.98 Å². The van der Waals surface area contributed by atoms with Crippen molar-refractivity contribution >= 4 is 34.5 Å². The van der Waals surface area contributed by atoms with E-state index in [4.69, 9.17) is 23.2 Å².